The van der Waals surface area contributed by atoms with E-state index in [1.165, 1.54) is 0 Å². The van der Waals surface area contributed by atoms with Crippen LogP contribution in [0.5, 0.6) is 0 Å². The summed E-state index contributed by atoms with van der Waals surface area (Å²) in [6, 6.07) is 0.508. The zero-order valence-corrected chi connectivity index (χ0v) is 10.5. The summed E-state index contributed by atoms with van der Waals surface area (Å²) in [5.41, 5.74) is 0. The summed E-state index contributed by atoms with van der Waals surface area (Å²) in [6.07, 6.45) is 0.106. The molecule has 1 amide bonds. The average molecular weight is 216 g/mol. The highest BCUT2D eigenvalue weighted by Gasteiger charge is 2.05. The number of amides is 1. The normalized spacial score (nSPS) is 11.5. The zero-order valence-electron chi connectivity index (χ0n) is 10.5. The second kappa shape index (κ2) is 7.65. The molecule has 0 aliphatic carbocycles. The molecule has 0 fully saturated rings. The summed E-state index contributed by atoms with van der Waals surface area (Å²) in [4.78, 5) is 13.4. The fourth-order valence-electron chi connectivity index (χ4n) is 0.923. The molecule has 0 unspecified atom stereocenters. The highest BCUT2D eigenvalue weighted by Crippen LogP contribution is 1.91. The van der Waals surface area contributed by atoms with Crippen LogP contribution in [-0.4, -0.2) is 49.7 Å². The van der Waals surface area contributed by atoms with Gasteiger partial charge in [0.2, 0.25) is 5.91 Å². The van der Waals surface area contributed by atoms with Crippen molar-refractivity contribution in [3.05, 3.63) is 0 Å². The van der Waals surface area contributed by atoms with Crippen molar-refractivity contribution in [2.24, 2.45) is 0 Å². The van der Waals surface area contributed by atoms with Gasteiger partial charge >= 0.3 is 0 Å². The second-order valence-corrected chi connectivity index (χ2v) is 4.28. The lowest BCUT2D eigenvalue weighted by Gasteiger charge is -2.20. The molecule has 0 saturated heterocycles. The van der Waals surface area contributed by atoms with Crippen LogP contribution in [-0.2, 0) is 9.53 Å². The summed E-state index contributed by atoms with van der Waals surface area (Å²) in [7, 11) is 2.04. The highest BCUT2D eigenvalue weighted by atomic mass is 16.5. The maximum absolute atomic E-state index is 11.2. The third kappa shape index (κ3) is 8.39. The van der Waals surface area contributed by atoms with Gasteiger partial charge in [0, 0.05) is 19.1 Å². The van der Waals surface area contributed by atoms with Gasteiger partial charge in [-0.1, -0.05) is 0 Å². The van der Waals surface area contributed by atoms with Crippen LogP contribution in [0.25, 0.3) is 0 Å². The second-order valence-electron chi connectivity index (χ2n) is 4.28. The molecule has 1 N–H and O–H groups in total. The van der Waals surface area contributed by atoms with E-state index >= 15 is 0 Å². The van der Waals surface area contributed by atoms with Crippen LogP contribution in [0.3, 0.4) is 0 Å². The number of likely N-dealkylation sites (N-methyl/N-ethyl adjacent to an activating group) is 1. The summed E-state index contributed by atoms with van der Waals surface area (Å²) >= 11 is 0. The molecule has 0 aromatic rings. The lowest BCUT2D eigenvalue weighted by Crippen LogP contribution is -2.37. The van der Waals surface area contributed by atoms with Gasteiger partial charge in [-0.25, -0.2) is 0 Å². The van der Waals surface area contributed by atoms with Gasteiger partial charge in [0.05, 0.1) is 6.10 Å². The molecule has 0 aromatic carbocycles. The summed E-state index contributed by atoms with van der Waals surface area (Å²) in [6.45, 7) is 9.79. The molecule has 0 radical (unpaired) electrons. The Labute approximate surface area is 93.0 Å². The number of carbonyl (C=O) groups excluding carboxylic acids is 1. The van der Waals surface area contributed by atoms with E-state index in [1.807, 2.05) is 20.9 Å². The molecule has 0 aliphatic rings. The van der Waals surface area contributed by atoms with Crippen molar-refractivity contribution in [2.75, 3.05) is 26.7 Å². The van der Waals surface area contributed by atoms with Gasteiger partial charge in [-0.2, -0.15) is 0 Å². The number of hydrogen-bond acceptors (Lipinski definition) is 3. The largest absolute Gasteiger partial charge is 0.369 e. The van der Waals surface area contributed by atoms with Gasteiger partial charge in [0.1, 0.15) is 6.61 Å². The predicted octanol–water partition coefficient (Wildman–Crippen LogP) is 0.868. The summed E-state index contributed by atoms with van der Waals surface area (Å²) < 4.78 is 5.18. The third-order valence-electron chi connectivity index (χ3n) is 2.22. The van der Waals surface area contributed by atoms with Crippen LogP contribution in [0.4, 0.5) is 0 Å². The van der Waals surface area contributed by atoms with E-state index in [9.17, 15) is 4.79 Å². The van der Waals surface area contributed by atoms with E-state index in [1.54, 1.807) is 0 Å². The van der Waals surface area contributed by atoms with Crippen molar-refractivity contribution in [2.45, 2.75) is 39.8 Å². The molecule has 0 rings (SSSR count). The fourth-order valence-corrected chi connectivity index (χ4v) is 0.923. The van der Waals surface area contributed by atoms with Crippen LogP contribution in [0, 0.1) is 0 Å². The zero-order chi connectivity index (χ0) is 11.8. The Kier molecular flexibility index (Phi) is 7.34. The summed E-state index contributed by atoms with van der Waals surface area (Å²) in [5.74, 6) is -0.0409. The van der Waals surface area contributed by atoms with Crippen molar-refractivity contribution in [1.82, 2.24) is 10.2 Å². The van der Waals surface area contributed by atoms with Crippen LogP contribution in [0.15, 0.2) is 0 Å². The Morgan fingerprint density at radius 1 is 1.33 bits per heavy atom. The average Bonchev–Trinajstić information content (AvgIpc) is 2.14. The molecule has 15 heavy (non-hydrogen) atoms. The molecule has 90 valence electrons. The molecule has 0 aromatic heterocycles. The molecule has 0 heterocycles. The van der Waals surface area contributed by atoms with Crippen molar-refractivity contribution >= 4 is 5.91 Å². The quantitative estimate of drug-likeness (QED) is 0.686. The first-order valence-corrected chi connectivity index (χ1v) is 5.52. The van der Waals surface area contributed by atoms with Crippen LogP contribution in [0.1, 0.15) is 27.7 Å². The minimum atomic E-state index is -0.0409. The third-order valence-corrected chi connectivity index (χ3v) is 2.22. The first-order chi connectivity index (χ1) is 6.93. The summed E-state index contributed by atoms with van der Waals surface area (Å²) in [5, 5.41) is 2.82. The minimum Gasteiger partial charge on any atom is -0.369 e. The Morgan fingerprint density at radius 2 is 1.93 bits per heavy atom. The molecular formula is C11H24N2O2. The van der Waals surface area contributed by atoms with E-state index in [-0.39, 0.29) is 18.6 Å². The van der Waals surface area contributed by atoms with Crippen LogP contribution in [0.2, 0.25) is 0 Å². The number of carbonyl (C=O) groups is 1. The Hall–Kier alpha value is -0.610. The monoisotopic (exact) mass is 216 g/mol. The predicted molar refractivity (Wildman–Crippen MR) is 61.9 cm³/mol. The number of hydrogen-bond donors (Lipinski definition) is 1. The molecule has 0 aliphatic heterocycles. The topological polar surface area (TPSA) is 41.6 Å². The maximum Gasteiger partial charge on any atom is 0.246 e. The van der Waals surface area contributed by atoms with Gasteiger partial charge < -0.3 is 15.0 Å². The van der Waals surface area contributed by atoms with Crippen LogP contribution >= 0.6 is 0 Å². The van der Waals surface area contributed by atoms with Crippen molar-refractivity contribution < 1.29 is 9.53 Å². The Balaban J connectivity index is 3.47. The first-order valence-electron chi connectivity index (χ1n) is 5.52. The molecular weight excluding hydrogens is 192 g/mol. The molecule has 0 saturated carbocycles. The maximum atomic E-state index is 11.2. The molecule has 0 spiro atoms. The van der Waals surface area contributed by atoms with Gasteiger partial charge in [-0.05, 0) is 34.7 Å². The SMILES string of the molecule is CC(C)OCC(=O)NCCN(C)C(C)C. The van der Waals surface area contributed by atoms with Crippen molar-refractivity contribution in [3.8, 4) is 0 Å². The van der Waals surface area contributed by atoms with Crippen molar-refractivity contribution in [1.29, 1.82) is 0 Å². The number of ether oxygens (including phenoxy) is 1. The van der Waals surface area contributed by atoms with E-state index < -0.39 is 0 Å². The Bertz CT molecular complexity index is 181. The van der Waals surface area contributed by atoms with Crippen LogP contribution < -0.4 is 5.32 Å². The molecule has 4 heteroatoms. The number of nitrogens with one attached hydrogen (secondary N) is 1. The lowest BCUT2D eigenvalue weighted by molar-refractivity contribution is -0.127. The van der Waals surface area contributed by atoms with E-state index in [4.69, 9.17) is 4.74 Å². The van der Waals surface area contributed by atoms with Gasteiger partial charge in [-0.3, -0.25) is 4.79 Å². The molecule has 0 bridgehead atoms. The van der Waals surface area contributed by atoms with Gasteiger partial charge in [0.25, 0.3) is 0 Å². The lowest BCUT2D eigenvalue weighted by atomic mass is 10.3. The standard InChI is InChI=1S/C11H24N2O2/c1-9(2)13(5)7-6-12-11(14)8-15-10(3)4/h9-10H,6-8H2,1-5H3,(H,12,14). The van der Waals surface area contributed by atoms with Gasteiger partial charge in [-0.15, -0.1) is 0 Å². The van der Waals surface area contributed by atoms with Crippen molar-refractivity contribution in [3.63, 3.8) is 0 Å². The molecule has 4 nitrogen and oxygen atoms in total. The van der Waals surface area contributed by atoms with E-state index in [2.05, 4.69) is 24.1 Å². The molecule has 0 atom stereocenters. The first kappa shape index (κ1) is 14.4. The van der Waals surface area contributed by atoms with E-state index in [0.29, 0.717) is 12.6 Å². The Morgan fingerprint density at radius 3 is 2.40 bits per heavy atom. The fraction of sp³-hybridized carbons (Fsp3) is 0.909. The number of nitrogens with zero attached hydrogens (tertiary/aromatic N) is 1. The van der Waals surface area contributed by atoms with E-state index in [0.717, 1.165) is 6.54 Å². The number of rotatable bonds is 7. The minimum absolute atomic E-state index is 0.0409. The highest BCUT2D eigenvalue weighted by molar-refractivity contribution is 5.77. The smallest absolute Gasteiger partial charge is 0.246 e. The van der Waals surface area contributed by atoms with Gasteiger partial charge in [0.15, 0.2) is 0 Å².